The number of morpholine rings is 1. The summed E-state index contributed by atoms with van der Waals surface area (Å²) in [5, 5.41) is 6.43. The highest BCUT2D eigenvalue weighted by molar-refractivity contribution is 7.88. The fourth-order valence-corrected chi connectivity index (χ4v) is 7.09. The molecular weight excluding hydrogens is 629 g/mol. The van der Waals surface area contributed by atoms with Crippen molar-refractivity contribution in [3.8, 4) is 11.1 Å². The quantitative estimate of drug-likeness (QED) is 0.307. The molecule has 2 saturated heterocycles. The van der Waals surface area contributed by atoms with Gasteiger partial charge in [-0.2, -0.15) is 0 Å². The number of halogens is 4. The van der Waals surface area contributed by atoms with Crippen molar-refractivity contribution in [1.29, 1.82) is 0 Å². The number of carbonyl (C=O) groups is 1. The van der Waals surface area contributed by atoms with Crippen molar-refractivity contribution in [2.24, 2.45) is 5.73 Å². The van der Waals surface area contributed by atoms with E-state index in [9.17, 15) is 22.0 Å². The zero-order valence-corrected chi connectivity index (χ0v) is 26.4. The number of nitrogens with zero attached hydrogens (tertiary/aromatic N) is 1. The van der Waals surface area contributed by atoms with Gasteiger partial charge < -0.3 is 21.1 Å². The topological polar surface area (TPSA) is 114 Å². The minimum absolute atomic E-state index is 0.0961. The Morgan fingerprint density at radius 2 is 1.84 bits per heavy atom. The summed E-state index contributed by atoms with van der Waals surface area (Å²) in [6.07, 6.45) is 2.98. The Morgan fingerprint density at radius 3 is 2.53 bits per heavy atom. The van der Waals surface area contributed by atoms with E-state index in [2.05, 4.69) is 10.6 Å². The first-order valence-electron chi connectivity index (χ1n) is 14.7. The number of amides is 1. The van der Waals surface area contributed by atoms with E-state index in [0.29, 0.717) is 74.2 Å². The Hall–Kier alpha value is -3.00. The summed E-state index contributed by atoms with van der Waals surface area (Å²) < 4.78 is 74.4. The molecule has 242 valence electrons. The van der Waals surface area contributed by atoms with Crippen molar-refractivity contribution in [3.63, 3.8) is 0 Å². The molecule has 4 N–H and O–H groups in total. The van der Waals surface area contributed by atoms with E-state index in [1.54, 1.807) is 24.3 Å². The van der Waals surface area contributed by atoms with Gasteiger partial charge in [-0.1, -0.05) is 23.7 Å². The largest absolute Gasteiger partial charge is 0.369 e. The Morgan fingerprint density at radius 1 is 1.13 bits per heavy atom. The molecule has 2 fully saturated rings. The maximum absolute atomic E-state index is 15.0. The van der Waals surface area contributed by atoms with E-state index in [1.165, 1.54) is 34.8 Å². The van der Waals surface area contributed by atoms with Gasteiger partial charge >= 0.3 is 0 Å². The van der Waals surface area contributed by atoms with Gasteiger partial charge in [-0.05, 0) is 79.6 Å². The normalized spacial score (nSPS) is 19.4. The maximum atomic E-state index is 15.0. The Kier molecular flexibility index (Phi) is 10.2. The second kappa shape index (κ2) is 13.8. The number of benzene rings is 3. The van der Waals surface area contributed by atoms with Crippen LogP contribution in [0.4, 0.5) is 18.9 Å². The Bertz CT molecular complexity index is 1650. The molecule has 3 aromatic carbocycles. The number of sulfonamides is 1. The highest BCUT2D eigenvalue weighted by Gasteiger charge is 2.41. The first kappa shape index (κ1) is 33.4. The predicted molar refractivity (Wildman–Crippen MR) is 168 cm³/mol. The van der Waals surface area contributed by atoms with Crippen LogP contribution >= 0.6 is 11.6 Å². The van der Waals surface area contributed by atoms with Crippen LogP contribution < -0.4 is 16.4 Å². The van der Waals surface area contributed by atoms with Crippen molar-refractivity contribution in [2.45, 2.75) is 49.9 Å². The van der Waals surface area contributed by atoms with Gasteiger partial charge in [0.15, 0.2) is 0 Å². The van der Waals surface area contributed by atoms with Gasteiger partial charge in [0, 0.05) is 54.1 Å². The van der Waals surface area contributed by atoms with Gasteiger partial charge in [0.2, 0.25) is 15.9 Å². The van der Waals surface area contributed by atoms with E-state index >= 15 is 4.39 Å². The smallest absolute Gasteiger partial charge is 0.241 e. The molecule has 0 aromatic heterocycles. The molecule has 1 amide bonds. The van der Waals surface area contributed by atoms with Crippen LogP contribution in [0.5, 0.6) is 0 Å². The highest BCUT2D eigenvalue weighted by atomic mass is 35.5. The molecule has 0 aliphatic carbocycles. The first-order valence-corrected chi connectivity index (χ1v) is 17.0. The lowest BCUT2D eigenvalue weighted by Crippen LogP contribution is -2.58. The lowest BCUT2D eigenvalue weighted by molar-refractivity contribution is -0.137. The fourth-order valence-electron chi connectivity index (χ4n) is 6.02. The summed E-state index contributed by atoms with van der Waals surface area (Å²) in [7, 11) is -3.26. The molecule has 2 atom stereocenters. The summed E-state index contributed by atoms with van der Waals surface area (Å²) in [5.41, 5.74) is 7.67. The van der Waals surface area contributed by atoms with Crippen LogP contribution in [0.3, 0.4) is 0 Å². The standard InChI is InChI=1S/C32H36ClF3N4O4S/c1-45(42,43)40-11-9-32(10-12-40)19-38-18-24(44-32)6-7-25-28(36)3-2-4-30(25)39-31(41)29(37)14-20-5-8-27(33)26(13-20)21-15-22(34)17-23(35)16-21/h2-5,8,13,15-17,24,29,38H,6-7,9-12,14,18-19,37H2,1H3,(H,39,41)/t24-,29+/m1/s1. The minimum atomic E-state index is -3.26. The summed E-state index contributed by atoms with van der Waals surface area (Å²) >= 11 is 6.30. The van der Waals surface area contributed by atoms with Crippen LogP contribution in [0, 0.1) is 17.5 Å². The van der Waals surface area contributed by atoms with Crippen molar-refractivity contribution in [3.05, 3.63) is 88.2 Å². The second-order valence-electron chi connectivity index (χ2n) is 11.8. The van der Waals surface area contributed by atoms with Crippen molar-refractivity contribution < 1.29 is 31.1 Å². The number of rotatable bonds is 9. The number of hydrogen-bond acceptors (Lipinski definition) is 6. The number of piperidine rings is 1. The van der Waals surface area contributed by atoms with E-state index < -0.39 is 45.0 Å². The molecule has 45 heavy (non-hydrogen) atoms. The molecule has 13 heteroatoms. The monoisotopic (exact) mass is 664 g/mol. The maximum Gasteiger partial charge on any atom is 0.241 e. The number of nitrogens with two attached hydrogens (primary N) is 1. The van der Waals surface area contributed by atoms with Crippen LogP contribution in [0.1, 0.15) is 30.4 Å². The van der Waals surface area contributed by atoms with E-state index in [0.717, 1.165) is 6.07 Å². The summed E-state index contributed by atoms with van der Waals surface area (Å²) in [6, 6.07) is 11.4. The van der Waals surface area contributed by atoms with E-state index in [4.69, 9.17) is 22.1 Å². The molecule has 0 unspecified atom stereocenters. The van der Waals surface area contributed by atoms with Crippen LogP contribution in [0.15, 0.2) is 54.6 Å². The van der Waals surface area contributed by atoms with Gasteiger partial charge in [-0.15, -0.1) is 0 Å². The molecule has 2 heterocycles. The Labute approximate surface area is 266 Å². The molecular formula is C32H36ClF3N4O4S. The number of anilines is 1. The lowest BCUT2D eigenvalue weighted by Gasteiger charge is -2.46. The van der Waals surface area contributed by atoms with Crippen LogP contribution in [-0.2, 0) is 32.4 Å². The summed E-state index contributed by atoms with van der Waals surface area (Å²) in [6.45, 7) is 1.97. The van der Waals surface area contributed by atoms with Crippen LogP contribution in [0.2, 0.25) is 5.02 Å². The Balaban J connectivity index is 1.22. The average molecular weight is 665 g/mol. The van der Waals surface area contributed by atoms with Crippen LogP contribution in [-0.4, -0.2) is 68.8 Å². The SMILES string of the molecule is CS(=O)(=O)N1CCC2(CC1)CNC[C@@H](CCc1c(F)cccc1NC(=O)[C@@H](N)Cc1ccc(Cl)c(-c3cc(F)cc(F)c3)c1)O2. The zero-order chi connectivity index (χ0) is 32.4. The zero-order valence-electron chi connectivity index (χ0n) is 24.8. The molecule has 1 spiro atoms. The predicted octanol–water partition coefficient (Wildman–Crippen LogP) is 4.65. The molecule has 2 aliphatic heterocycles. The molecule has 0 radical (unpaired) electrons. The van der Waals surface area contributed by atoms with Crippen molar-refractivity contribution >= 4 is 33.2 Å². The van der Waals surface area contributed by atoms with Gasteiger partial charge in [-0.3, -0.25) is 4.79 Å². The van der Waals surface area contributed by atoms with E-state index in [1.807, 2.05) is 0 Å². The number of hydrogen-bond donors (Lipinski definition) is 3. The summed E-state index contributed by atoms with van der Waals surface area (Å²) in [5.74, 6) is -2.48. The average Bonchev–Trinajstić information content (AvgIpc) is 2.97. The number of carbonyl (C=O) groups excluding carboxylic acids is 1. The fraction of sp³-hybridized carbons (Fsp3) is 0.406. The highest BCUT2D eigenvalue weighted by Crippen LogP contribution is 2.33. The molecule has 3 aromatic rings. The first-order chi connectivity index (χ1) is 21.3. The number of ether oxygens (including phenoxy) is 1. The second-order valence-corrected chi connectivity index (χ2v) is 14.2. The van der Waals surface area contributed by atoms with Gasteiger partial charge in [0.1, 0.15) is 17.5 Å². The summed E-state index contributed by atoms with van der Waals surface area (Å²) in [4.78, 5) is 13.1. The molecule has 2 aliphatic rings. The van der Waals surface area contributed by atoms with Gasteiger partial charge in [0.25, 0.3) is 0 Å². The lowest BCUT2D eigenvalue weighted by atomic mass is 9.89. The minimum Gasteiger partial charge on any atom is -0.369 e. The van der Waals surface area contributed by atoms with E-state index in [-0.39, 0.29) is 23.1 Å². The van der Waals surface area contributed by atoms with Crippen LogP contribution in [0.25, 0.3) is 11.1 Å². The van der Waals surface area contributed by atoms with Crippen molar-refractivity contribution in [2.75, 3.05) is 37.8 Å². The molecule has 0 saturated carbocycles. The molecule has 0 bridgehead atoms. The van der Waals surface area contributed by atoms with Crippen molar-refractivity contribution in [1.82, 2.24) is 9.62 Å². The van der Waals surface area contributed by atoms with Gasteiger partial charge in [0.05, 0.1) is 24.0 Å². The third-order valence-corrected chi connectivity index (χ3v) is 10.1. The third kappa shape index (κ3) is 8.24. The van der Waals surface area contributed by atoms with Gasteiger partial charge in [-0.25, -0.2) is 25.9 Å². The third-order valence-electron chi connectivity index (χ3n) is 8.43. The number of nitrogens with one attached hydrogen (secondary N) is 2. The molecule has 8 nitrogen and oxygen atoms in total. The molecule has 5 rings (SSSR count).